The number of hydrogen-bond acceptors (Lipinski definition) is 1. The maximum Gasteiger partial charge on any atom is 0.151 e. The van der Waals surface area contributed by atoms with Crippen molar-refractivity contribution in [3.8, 4) is 5.82 Å². The van der Waals surface area contributed by atoms with Crippen LogP contribution in [0.1, 0.15) is 5.56 Å². The summed E-state index contributed by atoms with van der Waals surface area (Å²) in [6, 6.07) is 4.07. The van der Waals surface area contributed by atoms with Crippen LogP contribution in [0.5, 0.6) is 0 Å². The number of rotatable bonds is 1. The Morgan fingerprint density at radius 1 is 1.25 bits per heavy atom. The van der Waals surface area contributed by atoms with Crippen LogP contribution >= 0.6 is 0 Å². The summed E-state index contributed by atoms with van der Waals surface area (Å²) in [5, 5.41) is 0. The minimum absolute atomic E-state index is 0.964. The van der Waals surface area contributed by atoms with Gasteiger partial charge in [0.1, 0.15) is 0 Å². The van der Waals surface area contributed by atoms with E-state index in [1.165, 1.54) is 5.56 Å². The quantitative estimate of drug-likeness (QED) is 0.621. The minimum atomic E-state index is 0.964. The van der Waals surface area contributed by atoms with Gasteiger partial charge < -0.3 is 0 Å². The summed E-state index contributed by atoms with van der Waals surface area (Å²) < 4.78 is 3.97. The van der Waals surface area contributed by atoms with Crippen LogP contribution in [0.2, 0.25) is 0 Å². The van der Waals surface area contributed by atoms with E-state index in [4.69, 9.17) is 0 Å². The van der Waals surface area contributed by atoms with E-state index in [1.54, 1.807) is 0 Å². The van der Waals surface area contributed by atoms with Gasteiger partial charge in [0.25, 0.3) is 0 Å². The van der Waals surface area contributed by atoms with Gasteiger partial charge in [-0.1, -0.05) is 6.07 Å². The molecule has 0 aromatic carbocycles. The summed E-state index contributed by atoms with van der Waals surface area (Å²) in [6.45, 7) is 2.03. The molecule has 0 N–H and O–H groups in total. The molecular weight excluding hydrogens is 150 g/mol. The molecule has 2 aromatic rings. The maximum atomic E-state index is 4.28. The summed E-state index contributed by atoms with van der Waals surface area (Å²) in [7, 11) is 1.99. The topological polar surface area (TPSA) is 22.8 Å². The lowest BCUT2D eigenvalue weighted by atomic mass is 10.3. The van der Waals surface area contributed by atoms with Gasteiger partial charge in [0.15, 0.2) is 5.82 Å². The van der Waals surface area contributed by atoms with Gasteiger partial charge in [-0.3, -0.25) is 4.68 Å². The summed E-state index contributed by atoms with van der Waals surface area (Å²) in [6.07, 6.45) is 5.84. The first kappa shape index (κ1) is 7.16. The lowest BCUT2D eigenvalue weighted by Gasteiger charge is -2.15. The Kier molecular flexibility index (Phi) is 1.50. The molecule has 0 fully saturated rings. The third-order valence-corrected chi connectivity index (χ3v) is 1.89. The molecule has 2 heterocycles. The molecule has 0 unspecified atom stereocenters. The molecule has 0 aliphatic carbocycles. The van der Waals surface area contributed by atoms with E-state index < -0.39 is 0 Å². The number of aryl methyl sites for hydroxylation is 2. The van der Waals surface area contributed by atoms with Crippen molar-refractivity contribution in [1.82, 2.24) is 14.3 Å². The number of pyridine rings is 1. The Bertz CT molecular complexity index is 367. The molecule has 0 saturated carbocycles. The van der Waals surface area contributed by atoms with Crippen LogP contribution in [-0.2, 0) is 7.05 Å². The minimum Gasteiger partial charge on any atom is -0.289 e. The van der Waals surface area contributed by atoms with Crippen LogP contribution in [0.3, 0.4) is 0 Å². The highest BCUT2D eigenvalue weighted by Crippen LogP contribution is 2.05. The van der Waals surface area contributed by atoms with Gasteiger partial charge in [-0.25, -0.2) is 9.67 Å². The van der Waals surface area contributed by atoms with Crippen molar-refractivity contribution in [3.63, 3.8) is 0 Å². The number of aromatic nitrogens is 3. The summed E-state index contributed by atoms with van der Waals surface area (Å²) in [5.74, 6) is 0.964. The predicted octanol–water partition coefficient (Wildman–Crippen LogP) is 1.52. The standard InChI is InChI=1S/C9H11N3/c1-8-3-4-9(10-7-8)12-6-5-11(12)2/h3-7H,1-2H3. The normalized spacial score (nSPS) is 10.5. The molecule has 12 heavy (non-hydrogen) atoms. The van der Waals surface area contributed by atoms with Crippen molar-refractivity contribution in [2.45, 2.75) is 6.92 Å². The Morgan fingerprint density at radius 3 is 2.50 bits per heavy atom. The summed E-state index contributed by atoms with van der Waals surface area (Å²) >= 11 is 0. The zero-order chi connectivity index (χ0) is 8.55. The third kappa shape index (κ3) is 1.03. The second-order valence-electron chi connectivity index (χ2n) is 2.91. The van der Waals surface area contributed by atoms with Crippen molar-refractivity contribution in [2.75, 3.05) is 0 Å². The average molecular weight is 161 g/mol. The van der Waals surface area contributed by atoms with Crippen LogP contribution in [0.15, 0.2) is 30.7 Å². The van der Waals surface area contributed by atoms with Crippen molar-refractivity contribution in [1.29, 1.82) is 0 Å². The van der Waals surface area contributed by atoms with Crippen LogP contribution in [0.25, 0.3) is 5.82 Å². The van der Waals surface area contributed by atoms with Crippen LogP contribution in [0, 0.1) is 6.92 Å². The van der Waals surface area contributed by atoms with E-state index in [-0.39, 0.29) is 0 Å². The molecule has 3 nitrogen and oxygen atoms in total. The molecule has 0 saturated heterocycles. The third-order valence-electron chi connectivity index (χ3n) is 1.89. The van der Waals surface area contributed by atoms with Crippen LogP contribution in [0.4, 0.5) is 0 Å². The van der Waals surface area contributed by atoms with Gasteiger partial charge in [-0.15, -0.1) is 0 Å². The predicted molar refractivity (Wildman–Crippen MR) is 47.3 cm³/mol. The Hall–Kier alpha value is -1.51. The highest BCUT2D eigenvalue weighted by atomic mass is 15.4. The van der Waals surface area contributed by atoms with Gasteiger partial charge in [-0.05, 0) is 18.6 Å². The van der Waals surface area contributed by atoms with Crippen molar-refractivity contribution >= 4 is 0 Å². The summed E-state index contributed by atoms with van der Waals surface area (Å²) in [4.78, 5) is 4.28. The molecule has 0 aliphatic heterocycles. The van der Waals surface area contributed by atoms with E-state index in [0.29, 0.717) is 0 Å². The smallest absolute Gasteiger partial charge is 0.151 e. The highest BCUT2D eigenvalue weighted by molar-refractivity contribution is 5.24. The van der Waals surface area contributed by atoms with E-state index in [1.807, 2.05) is 48.0 Å². The molecule has 0 bridgehead atoms. The monoisotopic (exact) mass is 161 g/mol. The lowest BCUT2D eigenvalue weighted by Crippen LogP contribution is -2.15. The molecule has 2 rings (SSSR count). The Balaban J connectivity index is 2.39. The molecule has 0 spiro atoms. The van der Waals surface area contributed by atoms with Crippen molar-refractivity contribution in [2.24, 2.45) is 7.05 Å². The van der Waals surface area contributed by atoms with Gasteiger partial charge >= 0.3 is 0 Å². The van der Waals surface area contributed by atoms with Crippen LogP contribution in [-0.4, -0.2) is 14.3 Å². The maximum absolute atomic E-state index is 4.28. The van der Waals surface area contributed by atoms with Gasteiger partial charge in [-0.2, -0.15) is 0 Å². The van der Waals surface area contributed by atoms with Crippen molar-refractivity contribution < 1.29 is 0 Å². The van der Waals surface area contributed by atoms with Gasteiger partial charge in [0.05, 0.1) is 0 Å². The second kappa shape index (κ2) is 2.52. The average Bonchev–Trinajstić information content (AvgIpc) is 2.06. The SMILES string of the molecule is Cc1ccc(-n2ccn2C)nc1. The Morgan fingerprint density at radius 2 is 2.08 bits per heavy atom. The highest BCUT2D eigenvalue weighted by Gasteiger charge is 1.99. The lowest BCUT2D eigenvalue weighted by molar-refractivity contribution is 0.576. The molecule has 2 aromatic heterocycles. The second-order valence-corrected chi connectivity index (χ2v) is 2.91. The van der Waals surface area contributed by atoms with E-state index in [0.717, 1.165) is 5.82 Å². The molecule has 0 aliphatic rings. The molecule has 3 heteroatoms. The first-order chi connectivity index (χ1) is 5.77. The molecule has 0 atom stereocenters. The first-order valence-electron chi connectivity index (χ1n) is 3.90. The first-order valence-corrected chi connectivity index (χ1v) is 3.90. The largest absolute Gasteiger partial charge is 0.289 e. The fourth-order valence-corrected chi connectivity index (χ4v) is 1.10. The van der Waals surface area contributed by atoms with E-state index in [9.17, 15) is 0 Å². The number of nitrogens with zero attached hydrogens (tertiary/aromatic N) is 3. The van der Waals surface area contributed by atoms with Gasteiger partial charge in [0, 0.05) is 25.6 Å². The summed E-state index contributed by atoms with van der Waals surface area (Å²) in [5.41, 5.74) is 1.19. The zero-order valence-electron chi connectivity index (χ0n) is 7.23. The fraction of sp³-hybridized carbons (Fsp3) is 0.222. The van der Waals surface area contributed by atoms with Crippen LogP contribution < -0.4 is 0 Å². The fourth-order valence-electron chi connectivity index (χ4n) is 1.10. The zero-order valence-corrected chi connectivity index (χ0v) is 7.23. The van der Waals surface area contributed by atoms with E-state index in [2.05, 4.69) is 11.1 Å². The molecule has 0 radical (unpaired) electrons. The molecular formula is C9H11N3. The van der Waals surface area contributed by atoms with E-state index >= 15 is 0 Å². The molecule has 0 amide bonds. The molecule has 62 valence electrons. The van der Waals surface area contributed by atoms with Crippen molar-refractivity contribution in [3.05, 3.63) is 36.3 Å². The number of hydrogen-bond donors (Lipinski definition) is 0. The van der Waals surface area contributed by atoms with Gasteiger partial charge in [0.2, 0.25) is 0 Å². The Labute approximate surface area is 71.2 Å².